The molecule has 0 atom stereocenters. The molecule has 0 aliphatic carbocycles. The van der Waals surface area contributed by atoms with E-state index >= 15 is 0 Å². The maximum absolute atomic E-state index is 14.0. The summed E-state index contributed by atoms with van der Waals surface area (Å²) in [6.07, 6.45) is 4.75. The number of hydrogen-bond donors (Lipinski definition) is 0. The zero-order valence-corrected chi connectivity index (χ0v) is 14.1. The molecule has 0 radical (unpaired) electrons. The minimum absolute atomic E-state index is 0.113. The molecule has 2 heterocycles. The molecule has 3 rings (SSSR count). The van der Waals surface area contributed by atoms with E-state index in [4.69, 9.17) is 0 Å². The first-order valence-corrected chi connectivity index (χ1v) is 9.19. The highest BCUT2D eigenvalue weighted by Crippen LogP contribution is 2.31. The Morgan fingerprint density at radius 2 is 1.71 bits per heavy atom. The standard InChI is InChI=1S/C17H18F2N2O2S/c1-12-10-17(16(19)11-15(12)18)24(22,23)21-8-4-14(5-9-21)13-2-6-20-7-3-13/h2-3,6-7,10-11,14H,4-5,8-9H2,1H3. The van der Waals surface area contributed by atoms with Crippen molar-refractivity contribution in [3.63, 3.8) is 0 Å². The van der Waals surface area contributed by atoms with Crippen molar-refractivity contribution in [3.05, 3.63) is 59.4 Å². The molecule has 1 aliphatic rings. The molecule has 0 unspecified atom stereocenters. The second-order valence-corrected chi connectivity index (χ2v) is 7.90. The van der Waals surface area contributed by atoms with Gasteiger partial charge >= 0.3 is 0 Å². The quantitative estimate of drug-likeness (QED) is 0.852. The van der Waals surface area contributed by atoms with Crippen LogP contribution in [0.15, 0.2) is 41.6 Å². The zero-order chi connectivity index (χ0) is 17.3. The normalized spacial score (nSPS) is 17.1. The van der Waals surface area contributed by atoms with E-state index in [1.54, 1.807) is 12.4 Å². The number of benzene rings is 1. The lowest BCUT2D eigenvalue weighted by atomic mass is 9.91. The van der Waals surface area contributed by atoms with Gasteiger partial charge in [0, 0.05) is 31.5 Å². The lowest BCUT2D eigenvalue weighted by Crippen LogP contribution is -2.38. The monoisotopic (exact) mass is 352 g/mol. The minimum atomic E-state index is -3.96. The van der Waals surface area contributed by atoms with E-state index in [2.05, 4.69) is 4.98 Å². The van der Waals surface area contributed by atoms with Crippen molar-refractivity contribution < 1.29 is 17.2 Å². The van der Waals surface area contributed by atoms with Crippen molar-refractivity contribution in [3.8, 4) is 0 Å². The number of piperidine rings is 1. The summed E-state index contributed by atoms with van der Waals surface area (Å²) in [5.41, 5.74) is 1.24. The van der Waals surface area contributed by atoms with Crippen LogP contribution in [0.4, 0.5) is 8.78 Å². The number of aromatic nitrogens is 1. The summed E-state index contributed by atoms with van der Waals surface area (Å²) in [6, 6.07) is 5.55. The number of pyridine rings is 1. The Morgan fingerprint density at radius 1 is 1.08 bits per heavy atom. The molecule has 128 valence electrons. The van der Waals surface area contributed by atoms with Gasteiger partial charge in [-0.15, -0.1) is 0 Å². The molecule has 0 bridgehead atoms. The summed E-state index contributed by atoms with van der Waals surface area (Å²) < 4.78 is 54.0. The number of hydrogen-bond acceptors (Lipinski definition) is 3. The predicted octanol–water partition coefficient (Wildman–Crippen LogP) is 3.24. The van der Waals surface area contributed by atoms with Crippen LogP contribution in [-0.2, 0) is 10.0 Å². The third-order valence-corrected chi connectivity index (χ3v) is 6.38. The molecule has 24 heavy (non-hydrogen) atoms. The van der Waals surface area contributed by atoms with Crippen LogP contribution in [0.1, 0.15) is 29.9 Å². The molecule has 0 amide bonds. The molecule has 4 nitrogen and oxygen atoms in total. The molecule has 7 heteroatoms. The number of halogens is 2. The molecule has 0 saturated carbocycles. The maximum Gasteiger partial charge on any atom is 0.245 e. The first-order chi connectivity index (χ1) is 11.4. The zero-order valence-electron chi connectivity index (χ0n) is 13.2. The van der Waals surface area contributed by atoms with Crippen molar-refractivity contribution in [1.82, 2.24) is 9.29 Å². The van der Waals surface area contributed by atoms with Gasteiger partial charge in [0.15, 0.2) is 0 Å². The van der Waals surface area contributed by atoms with Gasteiger partial charge < -0.3 is 0 Å². The predicted molar refractivity (Wildman–Crippen MR) is 86.1 cm³/mol. The van der Waals surface area contributed by atoms with Crippen molar-refractivity contribution in [1.29, 1.82) is 0 Å². The van der Waals surface area contributed by atoms with E-state index in [-0.39, 0.29) is 11.5 Å². The van der Waals surface area contributed by atoms with Crippen LogP contribution >= 0.6 is 0 Å². The Hall–Kier alpha value is -1.86. The van der Waals surface area contributed by atoms with Gasteiger partial charge in [0.2, 0.25) is 10.0 Å². The van der Waals surface area contributed by atoms with Gasteiger partial charge in [-0.1, -0.05) is 0 Å². The molecule has 1 aromatic heterocycles. The molecular formula is C17H18F2N2O2S. The van der Waals surface area contributed by atoms with E-state index in [1.165, 1.54) is 11.2 Å². The van der Waals surface area contributed by atoms with Crippen LogP contribution < -0.4 is 0 Å². The Balaban J connectivity index is 1.79. The van der Waals surface area contributed by atoms with E-state index in [9.17, 15) is 17.2 Å². The average Bonchev–Trinajstić information content (AvgIpc) is 2.59. The largest absolute Gasteiger partial charge is 0.265 e. The third kappa shape index (κ3) is 3.18. The van der Waals surface area contributed by atoms with Gasteiger partial charge in [0.1, 0.15) is 16.5 Å². The third-order valence-electron chi connectivity index (χ3n) is 4.46. The van der Waals surface area contributed by atoms with Crippen molar-refractivity contribution in [2.24, 2.45) is 0 Å². The molecule has 0 N–H and O–H groups in total. The number of sulfonamides is 1. The summed E-state index contributed by atoms with van der Waals surface area (Å²) in [4.78, 5) is 3.53. The maximum atomic E-state index is 14.0. The molecule has 1 aromatic carbocycles. The van der Waals surface area contributed by atoms with Crippen molar-refractivity contribution >= 4 is 10.0 Å². The van der Waals surface area contributed by atoms with Gasteiger partial charge in [-0.3, -0.25) is 4.98 Å². The summed E-state index contributed by atoms with van der Waals surface area (Å²) in [6.45, 7) is 2.04. The number of nitrogens with zero attached hydrogens (tertiary/aromatic N) is 2. The topological polar surface area (TPSA) is 50.3 Å². The molecule has 2 aromatic rings. The Labute approximate surface area is 140 Å². The number of rotatable bonds is 3. The summed E-state index contributed by atoms with van der Waals surface area (Å²) in [7, 11) is -3.96. The first kappa shape index (κ1) is 17.0. The highest BCUT2D eigenvalue weighted by molar-refractivity contribution is 7.89. The van der Waals surface area contributed by atoms with Gasteiger partial charge in [0.05, 0.1) is 0 Å². The van der Waals surface area contributed by atoms with Gasteiger partial charge in [-0.25, -0.2) is 17.2 Å². The highest BCUT2D eigenvalue weighted by Gasteiger charge is 2.32. The second-order valence-electron chi connectivity index (χ2n) is 5.99. The van der Waals surface area contributed by atoms with Crippen molar-refractivity contribution in [2.75, 3.05) is 13.1 Å². The van der Waals surface area contributed by atoms with E-state index in [0.717, 1.165) is 11.6 Å². The lowest BCUT2D eigenvalue weighted by Gasteiger charge is -2.31. The lowest BCUT2D eigenvalue weighted by molar-refractivity contribution is 0.318. The fourth-order valence-corrected chi connectivity index (χ4v) is 4.63. The molecular weight excluding hydrogens is 334 g/mol. The van der Waals surface area contributed by atoms with Crippen LogP contribution in [0.2, 0.25) is 0 Å². The number of aryl methyl sites for hydroxylation is 1. The summed E-state index contributed by atoms with van der Waals surface area (Å²) in [5, 5.41) is 0. The van der Waals surface area contributed by atoms with Crippen LogP contribution in [0.25, 0.3) is 0 Å². The highest BCUT2D eigenvalue weighted by atomic mass is 32.2. The van der Waals surface area contributed by atoms with Crippen LogP contribution in [0, 0.1) is 18.6 Å². The fourth-order valence-electron chi connectivity index (χ4n) is 3.03. The first-order valence-electron chi connectivity index (χ1n) is 7.75. The Morgan fingerprint density at radius 3 is 2.33 bits per heavy atom. The summed E-state index contributed by atoms with van der Waals surface area (Å²) in [5.74, 6) is -1.53. The average molecular weight is 352 g/mol. The minimum Gasteiger partial charge on any atom is -0.265 e. The van der Waals surface area contributed by atoms with Crippen LogP contribution in [0.5, 0.6) is 0 Å². The Kier molecular flexibility index (Phi) is 4.64. The molecule has 1 saturated heterocycles. The molecule has 0 spiro atoms. The van der Waals surface area contributed by atoms with Gasteiger partial charge in [-0.2, -0.15) is 4.31 Å². The van der Waals surface area contributed by atoms with Gasteiger partial charge in [0.25, 0.3) is 0 Å². The van der Waals surface area contributed by atoms with Crippen molar-refractivity contribution in [2.45, 2.75) is 30.6 Å². The Bertz CT molecular complexity index is 833. The SMILES string of the molecule is Cc1cc(S(=O)(=O)N2CCC(c3ccncc3)CC2)c(F)cc1F. The smallest absolute Gasteiger partial charge is 0.245 e. The fraction of sp³-hybridized carbons (Fsp3) is 0.353. The van der Waals surface area contributed by atoms with Crippen LogP contribution in [-0.4, -0.2) is 30.8 Å². The van der Waals surface area contributed by atoms with E-state index < -0.39 is 26.6 Å². The molecule has 1 aliphatic heterocycles. The van der Waals surface area contributed by atoms with E-state index in [1.807, 2.05) is 12.1 Å². The molecule has 1 fully saturated rings. The van der Waals surface area contributed by atoms with E-state index in [0.29, 0.717) is 32.0 Å². The second kappa shape index (κ2) is 6.57. The summed E-state index contributed by atoms with van der Waals surface area (Å²) >= 11 is 0. The van der Waals surface area contributed by atoms with Gasteiger partial charge in [-0.05, 0) is 55.0 Å². The van der Waals surface area contributed by atoms with Crippen LogP contribution in [0.3, 0.4) is 0 Å².